The fourth-order valence-electron chi connectivity index (χ4n) is 1.74. The van der Waals surface area contributed by atoms with Gasteiger partial charge >= 0.3 is 12.1 Å². The first-order chi connectivity index (χ1) is 9.29. The molecule has 0 N–H and O–H groups in total. The molecule has 6 heteroatoms. The van der Waals surface area contributed by atoms with Gasteiger partial charge in [0, 0.05) is 12.7 Å². The molecule has 0 radical (unpaired) electrons. The monoisotopic (exact) mass is 290 g/mol. The molecule has 1 aromatic rings. The highest BCUT2D eigenvalue weighted by atomic mass is 19.4. The zero-order chi connectivity index (χ0) is 15.4. The fourth-order valence-corrected chi connectivity index (χ4v) is 1.74. The molecule has 0 fully saturated rings. The molecular formula is C14H17F3O3. The van der Waals surface area contributed by atoms with E-state index in [1.165, 1.54) is 31.2 Å². The topological polar surface area (TPSA) is 35.5 Å². The van der Waals surface area contributed by atoms with Crippen molar-refractivity contribution in [2.45, 2.75) is 38.1 Å². The van der Waals surface area contributed by atoms with Crippen LogP contribution in [0.4, 0.5) is 13.2 Å². The summed E-state index contributed by atoms with van der Waals surface area (Å²) in [6.07, 6.45) is -5.13. The number of carbonyl (C=O) groups excluding carboxylic acids is 1. The molecular weight excluding hydrogens is 273 g/mol. The molecule has 0 bridgehead atoms. The van der Waals surface area contributed by atoms with Gasteiger partial charge in [-0.05, 0) is 13.3 Å². The Balaban J connectivity index is 3.31. The van der Waals surface area contributed by atoms with Crippen LogP contribution in [-0.4, -0.2) is 25.4 Å². The summed E-state index contributed by atoms with van der Waals surface area (Å²) < 4.78 is 49.8. The smallest absolute Gasteiger partial charge is 0.432 e. The molecule has 0 aliphatic heterocycles. The average Bonchev–Trinajstić information content (AvgIpc) is 2.39. The van der Waals surface area contributed by atoms with Crippen molar-refractivity contribution in [1.82, 2.24) is 0 Å². The van der Waals surface area contributed by atoms with E-state index in [4.69, 9.17) is 4.74 Å². The Labute approximate surface area is 115 Å². The molecule has 112 valence electrons. The second kappa shape index (κ2) is 6.26. The minimum atomic E-state index is -4.92. The molecule has 0 spiro atoms. The molecule has 2 atom stereocenters. The van der Waals surface area contributed by atoms with Crippen LogP contribution in [0.1, 0.15) is 25.8 Å². The van der Waals surface area contributed by atoms with E-state index in [0.29, 0.717) is 6.42 Å². The third-order valence-electron chi connectivity index (χ3n) is 3.06. The summed E-state index contributed by atoms with van der Waals surface area (Å²) in [6, 6.07) is 6.75. The number of ether oxygens (including phenoxy) is 2. The van der Waals surface area contributed by atoms with Crippen molar-refractivity contribution in [2.75, 3.05) is 7.11 Å². The van der Waals surface area contributed by atoms with Crippen LogP contribution in [0.3, 0.4) is 0 Å². The van der Waals surface area contributed by atoms with E-state index in [1.54, 1.807) is 13.0 Å². The zero-order valence-corrected chi connectivity index (χ0v) is 11.5. The Kier molecular flexibility index (Phi) is 5.16. The van der Waals surface area contributed by atoms with E-state index < -0.39 is 23.9 Å². The molecule has 0 saturated heterocycles. The van der Waals surface area contributed by atoms with E-state index in [-0.39, 0.29) is 5.56 Å². The Morgan fingerprint density at radius 2 is 1.80 bits per heavy atom. The van der Waals surface area contributed by atoms with Gasteiger partial charge in [0.15, 0.2) is 0 Å². The van der Waals surface area contributed by atoms with E-state index in [2.05, 4.69) is 4.74 Å². The molecule has 0 amide bonds. The van der Waals surface area contributed by atoms with Crippen LogP contribution >= 0.6 is 0 Å². The van der Waals surface area contributed by atoms with Crippen molar-refractivity contribution >= 4 is 5.97 Å². The molecule has 0 aromatic heterocycles. The molecule has 0 saturated carbocycles. The number of hydrogen-bond acceptors (Lipinski definition) is 3. The summed E-state index contributed by atoms with van der Waals surface area (Å²) in [5.74, 6) is -1.45. The SMILES string of the molecule is CC[C@H](C)OC(=O)[C@@](OC)(c1ccccc1)C(F)(F)F. The van der Waals surface area contributed by atoms with Gasteiger partial charge in [-0.2, -0.15) is 13.2 Å². The lowest BCUT2D eigenvalue weighted by atomic mass is 9.92. The van der Waals surface area contributed by atoms with Gasteiger partial charge in [-0.3, -0.25) is 0 Å². The zero-order valence-electron chi connectivity index (χ0n) is 11.5. The molecule has 0 unspecified atom stereocenters. The number of alkyl halides is 3. The van der Waals surface area contributed by atoms with Crippen molar-refractivity contribution in [2.24, 2.45) is 0 Å². The van der Waals surface area contributed by atoms with E-state index in [0.717, 1.165) is 7.11 Å². The summed E-state index contributed by atoms with van der Waals surface area (Å²) in [4.78, 5) is 12.0. The maximum atomic E-state index is 13.4. The van der Waals surface area contributed by atoms with Gasteiger partial charge in [0.1, 0.15) is 0 Å². The van der Waals surface area contributed by atoms with E-state index in [1.807, 2.05) is 0 Å². The van der Waals surface area contributed by atoms with Crippen molar-refractivity contribution in [3.63, 3.8) is 0 Å². The highest BCUT2D eigenvalue weighted by molar-refractivity contribution is 5.82. The largest absolute Gasteiger partial charge is 0.460 e. The summed E-state index contributed by atoms with van der Waals surface area (Å²) in [5.41, 5.74) is -3.40. The lowest BCUT2D eigenvalue weighted by Crippen LogP contribution is -2.52. The second-order valence-corrected chi connectivity index (χ2v) is 4.37. The van der Waals surface area contributed by atoms with Crippen LogP contribution < -0.4 is 0 Å². The standard InChI is InChI=1S/C14H17F3O3/c1-4-10(2)20-12(18)13(19-3,14(15,16)17)11-8-6-5-7-9-11/h5-10H,4H2,1-3H3/t10-,13-/m0/s1. The number of esters is 1. The Morgan fingerprint density at radius 1 is 1.25 bits per heavy atom. The van der Waals surface area contributed by atoms with E-state index in [9.17, 15) is 18.0 Å². The lowest BCUT2D eigenvalue weighted by molar-refractivity contribution is -0.278. The number of rotatable bonds is 5. The van der Waals surface area contributed by atoms with Crippen LogP contribution in [0.25, 0.3) is 0 Å². The predicted octanol–water partition coefficient (Wildman–Crippen LogP) is 3.43. The summed E-state index contributed by atoms with van der Waals surface area (Å²) in [7, 11) is 0.846. The number of benzene rings is 1. The maximum Gasteiger partial charge on any atom is 0.432 e. The van der Waals surface area contributed by atoms with E-state index >= 15 is 0 Å². The van der Waals surface area contributed by atoms with Crippen LogP contribution in [0.2, 0.25) is 0 Å². The van der Waals surface area contributed by atoms with Gasteiger partial charge in [-0.1, -0.05) is 37.3 Å². The molecule has 0 heterocycles. The van der Waals surface area contributed by atoms with Crippen LogP contribution in [0.15, 0.2) is 30.3 Å². The number of methoxy groups -OCH3 is 1. The van der Waals surface area contributed by atoms with Crippen molar-refractivity contribution in [3.05, 3.63) is 35.9 Å². The number of carbonyl (C=O) groups is 1. The third-order valence-corrected chi connectivity index (χ3v) is 3.06. The Hall–Kier alpha value is -1.56. The van der Waals surface area contributed by atoms with Gasteiger partial charge in [-0.15, -0.1) is 0 Å². The maximum absolute atomic E-state index is 13.4. The molecule has 1 rings (SSSR count). The summed E-state index contributed by atoms with van der Waals surface area (Å²) in [6.45, 7) is 3.24. The first kappa shape index (κ1) is 16.5. The van der Waals surface area contributed by atoms with Crippen molar-refractivity contribution < 1.29 is 27.4 Å². The Morgan fingerprint density at radius 3 is 2.20 bits per heavy atom. The second-order valence-electron chi connectivity index (χ2n) is 4.37. The van der Waals surface area contributed by atoms with Gasteiger partial charge < -0.3 is 9.47 Å². The molecule has 0 aliphatic carbocycles. The highest BCUT2D eigenvalue weighted by Gasteiger charge is 2.64. The Bertz CT molecular complexity index is 445. The number of hydrogen-bond donors (Lipinski definition) is 0. The highest BCUT2D eigenvalue weighted by Crippen LogP contribution is 2.43. The van der Waals surface area contributed by atoms with Gasteiger partial charge in [0.05, 0.1) is 6.10 Å². The normalized spacial score (nSPS) is 16.3. The predicted molar refractivity (Wildman–Crippen MR) is 67.0 cm³/mol. The quantitative estimate of drug-likeness (QED) is 0.779. The third kappa shape index (κ3) is 2.95. The van der Waals surface area contributed by atoms with Gasteiger partial charge in [-0.25, -0.2) is 4.79 Å². The fraction of sp³-hybridized carbons (Fsp3) is 0.500. The minimum absolute atomic E-state index is 0.302. The minimum Gasteiger partial charge on any atom is -0.460 e. The summed E-state index contributed by atoms with van der Waals surface area (Å²) in [5, 5.41) is 0. The molecule has 20 heavy (non-hydrogen) atoms. The molecule has 0 aliphatic rings. The van der Waals surface area contributed by atoms with Crippen molar-refractivity contribution in [1.29, 1.82) is 0 Å². The van der Waals surface area contributed by atoms with Crippen molar-refractivity contribution in [3.8, 4) is 0 Å². The number of halogens is 3. The first-order valence-electron chi connectivity index (χ1n) is 6.18. The van der Waals surface area contributed by atoms with Crippen LogP contribution in [0, 0.1) is 0 Å². The average molecular weight is 290 g/mol. The van der Waals surface area contributed by atoms with Crippen LogP contribution in [0.5, 0.6) is 0 Å². The van der Waals surface area contributed by atoms with Gasteiger partial charge in [0.25, 0.3) is 5.60 Å². The molecule has 3 nitrogen and oxygen atoms in total. The van der Waals surface area contributed by atoms with Crippen LogP contribution in [-0.2, 0) is 19.9 Å². The van der Waals surface area contributed by atoms with Gasteiger partial charge in [0.2, 0.25) is 0 Å². The molecule has 1 aromatic carbocycles. The summed E-state index contributed by atoms with van der Waals surface area (Å²) >= 11 is 0. The first-order valence-corrected chi connectivity index (χ1v) is 6.18. The lowest BCUT2D eigenvalue weighted by Gasteiger charge is -2.33.